The van der Waals surface area contributed by atoms with Gasteiger partial charge in [-0.25, -0.2) is 4.39 Å². The number of carbonyl (C=O) groups is 1. The van der Waals surface area contributed by atoms with Gasteiger partial charge in [-0.2, -0.15) is 4.99 Å². The van der Waals surface area contributed by atoms with E-state index in [1.54, 1.807) is 0 Å². The Bertz CT molecular complexity index is 1180. The zero-order valence-corrected chi connectivity index (χ0v) is 20.1. The van der Waals surface area contributed by atoms with Gasteiger partial charge >= 0.3 is 0 Å². The van der Waals surface area contributed by atoms with E-state index in [4.69, 9.17) is 0 Å². The molecule has 6 heteroatoms. The fourth-order valence-electron chi connectivity index (χ4n) is 7.05. The third kappa shape index (κ3) is 3.75. The Morgan fingerprint density at radius 1 is 1.09 bits per heavy atom. The lowest BCUT2D eigenvalue weighted by atomic mass is 9.48. The minimum absolute atomic E-state index is 0.0895. The molecule has 0 saturated heterocycles. The van der Waals surface area contributed by atoms with Crippen molar-refractivity contribution in [1.29, 1.82) is 0 Å². The number of phenols is 1. The summed E-state index contributed by atoms with van der Waals surface area (Å²) >= 11 is 2.85. The van der Waals surface area contributed by atoms with Gasteiger partial charge in [-0.1, -0.05) is 30.0 Å². The lowest BCUT2D eigenvalue weighted by Gasteiger charge is -2.57. The van der Waals surface area contributed by atoms with Crippen LogP contribution in [0.3, 0.4) is 0 Å². The molecule has 2 aromatic rings. The number of nitrogens with zero attached hydrogens (tertiary/aromatic N) is 1. The molecule has 3 nitrogen and oxygen atoms in total. The van der Waals surface area contributed by atoms with Gasteiger partial charge < -0.3 is 5.11 Å². The lowest BCUT2D eigenvalue weighted by molar-refractivity contribution is -0.113. The van der Waals surface area contributed by atoms with Gasteiger partial charge in [-0.05, 0) is 109 Å². The zero-order valence-electron chi connectivity index (χ0n) is 18.5. The number of carbonyl (C=O) groups excluding carboxylic acids is 1. The van der Waals surface area contributed by atoms with Gasteiger partial charge in [0.25, 0.3) is 5.91 Å². The van der Waals surface area contributed by atoms with E-state index in [0.29, 0.717) is 22.7 Å². The Balaban J connectivity index is 1.37. The summed E-state index contributed by atoms with van der Waals surface area (Å²) in [6, 6.07) is 11.3. The largest absolute Gasteiger partial charge is 0.505 e. The summed E-state index contributed by atoms with van der Waals surface area (Å²) in [5, 5.41) is 10.8. The number of rotatable bonds is 3. The van der Waals surface area contributed by atoms with Gasteiger partial charge in [0.05, 0.1) is 4.91 Å². The molecule has 0 atom stereocenters. The molecule has 2 aromatic carbocycles. The first-order valence-electron chi connectivity index (χ1n) is 11.6. The maximum absolute atomic E-state index is 15.0. The first-order chi connectivity index (χ1) is 15.9. The van der Waals surface area contributed by atoms with Crippen LogP contribution in [0.1, 0.15) is 49.7 Å². The van der Waals surface area contributed by atoms with E-state index < -0.39 is 5.82 Å². The third-order valence-electron chi connectivity index (χ3n) is 7.97. The Kier molecular flexibility index (Phi) is 5.22. The van der Waals surface area contributed by atoms with Crippen molar-refractivity contribution in [3.05, 3.63) is 58.2 Å². The van der Waals surface area contributed by atoms with Crippen molar-refractivity contribution >= 4 is 39.9 Å². The van der Waals surface area contributed by atoms with Gasteiger partial charge in [0.15, 0.2) is 11.6 Å². The second kappa shape index (κ2) is 8.02. The van der Waals surface area contributed by atoms with Crippen LogP contribution in [0.5, 0.6) is 5.75 Å². The molecule has 0 radical (unpaired) electrons. The van der Waals surface area contributed by atoms with Crippen molar-refractivity contribution in [3.63, 3.8) is 0 Å². The number of aromatic hydroxyl groups is 1. The minimum Gasteiger partial charge on any atom is -0.505 e. The first-order valence-corrected chi connectivity index (χ1v) is 13.7. The number of amides is 1. The Labute approximate surface area is 202 Å². The van der Waals surface area contributed by atoms with E-state index >= 15 is 4.39 Å². The smallest absolute Gasteiger partial charge is 0.285 e. The second-order valence-electron chi connectivity index (χ2n) is 10.2. The topological polar surface area (TPSA) is 49.7 Å². The summed E-state index contributed by atoms with van der Waals surface area (Å²) in [6.07, 6.45) is 10.9. The minimum atomic E-state index is -0.540. The first kappa shape index (κ1) is 21.5. The molecule has 0 aromatic heterocycles. The van der Waals surface area contributed by atoms with Crippen molar-refractivity contribution in [2.75, 3.05) is 6.26 Å². The number of hydrogen-bond donors (Lipinski definition) is 1. The summed E-state index contributed by atoms with van der Waals surface area (Å²) in [5.41, 5.74) is 3.26. The molecule has 1 N–H and O–H groups in total. The number of halogens is 1. The quantitative estimate of drug-likeness (QED) is 0.482. The predicted molar refractivity (Wildman–Crippen MR) is 135 cm³/mol. The highest BCUT2D eigenvalue weighted by Crippen LogP contribution is 2.62. The highest BCUT2D eigenvalue weighted by atomic mass is 32.2. The summed E-state index contributed by atoms with van der Waals surface area (Å²) in [5.74, 6) is 1.23. The maximum Gasteiger partial charge on any atom is 0.285 e. The summed E-state index contributed by atoms with van der Waals surface area (Å²) in [4.78, 5) is 16.8. The van der Waals surface area contributed by atoms with E-state index in [1.165, 1.54) is 48.9 Å². The molecule has 0 unspecified atom stereocenters. The molecule has 170 valence electrons. The molecule has 4 aliphatic carbocycles. The number of aliphatic imine (C=N–C) groups is 1. The van der Waals surface area contributed by atoms with Crippen LogP contribution >= 0.6 is 23.5 Å². The molecule has 5 aliphatic rings. The van der Waals surface area contributed by atoms with Crippen molar-refractivity contribution in [3.8, 4) is 16.9 Å². The molecule has 1 amide bonds. The molecular formula is C27H26FNO2S2. The highest BCUT2D eigenvalue weighted by molar-refractivity contribution is 8.40. The van der Waals surface area contributed by atoms with E-state index in [-0.39, 0.29) is 17.1 Å². The van der Waals surface area contributed by atoms with E-state index in [9.17, 15) is 9.90 Å². The maximum atomic E-state index is 15.0. The van der Waals surface area contributed by atoms with Crippen molar-refractivity contribution in [1.82, 2.24) is 0 Å². The number of benzene rings is 2. The van der Waals surface area contributed by atoms with Gasteiger partial charge in [0.1, 0.15) is 4.38 Å². The number of phenolic OH excluding ortho intramolecular Hbond substituents is 1. The molecule has 4 saturated carbocycles. The monoisotopic (exact) mass is 479 g/mol. The van der Waals surface area contributed by atoms with Crippen LogP contribution in [0.4, 0.5) is 4.39 Å². The fraction of sp³-hybridized carbons (Fsp3) is 0.407. The van der Waals surface area contributed by atoms with Crippen molar-refractivity contribution < 1.29 is 14.3 Å². The molecule has 7 rings (SSSR count). The van der Waals surface area contributed by atoms with E-state index in [0.717, 1.165) is 45.9 Å². The molecule has 4 bridgehead atoms. The Morgan fingerprint density at radius 2 is 1.79 bits per heavy atom. The number of thioether (sulfide) groups is 2. The third-order valence-corrected chi connectivity index (χ3v) is 9.94. The van der Waals surface area contributed by atoms with Crippen LogP contribution in [0.2, 0.25) is 0 Å². The summed E-state index contributed by atoms with van der Waals surface area (Å²) in [6.45, 7) is 0. The fourth-order valence-corrected chi connectivity index (χ4v) is 8.47. The van der Waals surface area contributed by atoms with Crippen LogP contribution in [-0.2, 0) is 10.2 Å². The normalized spacial score (nSPS) is 31.5. The molecular weight excluding hydrogens is 453 g/mol. The second-order valence-corrected chi connectivity index (χ2v) is 12.3. The molecule has 0 spiro atoms. The summed E-state index contributed by atoms with van der Waals surface area (Å²) < 4.78 is 15.8. The van der Waals surface area contributed by atoms with Crippen molar-refractivity contribution in [2.24, 2.45) is 22.7 Å². The standard InChI is InChI=1S/C27H26FNO2S2/c1-32-26-29-25(31)23(33-26)9-15-3-2-4-19(8-15)20-10-21(24(30)22(28)11-20)27-12-16-5-17(13-27)7-18(6-16)14-27/h2-4,8-11,16-18,30H,5-7,12-14H2,1H3/b23-9+. The zero-order chi connectivity index (χ0) is 22.7. The van der Waals surface area contributed by atoms with E-state index in [2.05, 4.69) is 4.99 Å². The van der Waals surface area contributed by atoms with Gasteiger partial charge in [0.2, 0.25) is 0 Å². The predicted octanol–water partition coefficient (Wildman–Crippen LogP) is 7.00. The van der Waals surface area contributed by atoms with E-state index in [1.807, 2.05) is 42.7 Å². The SMILES string of the molecule is CSC1=NC(=O)/C(=C\c2cccc(-c3cc(F)c(O)c(C45CC6CC(CC(C6)C4)C5)c3)c2)S1. The Morgan fingerprint density at radius 3 is 2.42 bits per heavy atom. The Hall–Kier alpha value is -2.05. The molecule has 1 heterocycles. The average Bonchev–Trinajstić information content (AvgIpc) is 3.14. The number of hydrogen-bond acceptors (Lipinski definition) is 4. The van der Waals surface area contributed by atoms with Crippen LogP contribution in [0.25, 0.3) is 17.2 Å². The van der Waals surface area contributed by atoms with Crippen LogP contribution in [-0.4, -0.2) is 21.6 Å². The average molecular weight is 480 g/mol. The lowest BCUT2D eigenvalue weighted by Crippen LogP contribution is -2.48. The molecule has 33 heavy (non-hydrogen) atoms. The van der Waals surface area contributed by atoms with Gasteiger partial charge in [-0.3, -0.25) is 4.79 Å². The van der Waals surface area contributed by atoms with Gasteiger partial charge in [-0.15, -0.1) is 11.8 Å². The van der Waals surface area contributed by atoms with Gasteiger partial charge in [0, 0.05) is 5.56 Å². The molecule has 4 fully saturated rings. The van der Waals surface area contributed by atoms with Crippen molar-refractivity contribution in [2.45, 2.75) is 43.9 Å². The summed E-state index contributed by atoms with van der Waals surface area (Å²) in [7, 11) is 0. The molecule has 1 aliphatic heterocycles. The highest BCUT2D eigenvalue weighted by Gasteiger charge is 2.52. The van der Waals surface area contributed by atoms with Crippen LogP contribution in [0, 0.1) is 23.6 Å². The van der Waals surface area contributed by atoms with Crippen LogP contribution in [0.15, 0.2) is 46.3 Å². The van der Waals surface area contributed by atoms with Crippen LogP contribution < -0.4 is 0 Å².